The van der Waals surface area contributed by atoms with Gasteiger partial charge in [0.15, 0.2) is 0 Å². The Labute approximate surface area is 148 Å². The van der Waals surface area contributed by atoms with Crippen molar-refractivity contribution >= 4 is 23.4 Å². The monoisotopic (exact) mass is 378 g/mol. The largest absolute Gasteiger partial charge is 0.492 e. The summed E-state index contributed by atoms with van der Waals surface area (Å²) in [6.45, 7) is -1.05. The van der Waals surface area contributed by atoms with E-state index in [2.05, 4.69) is 0 Å². The standard InChI is InChI=1S/C16H18ClF3N2O3/c1-21(6-7-25-13-4-2-12(17)3-5-13)15(24)11-8-14(23)22(9-11)10-16(18,19)20/h2-5,11H,6-10H2,1H3. The fourth-order valence-electron chi connectivity index (χ4n) is 2.56. The summed E-state index contributed by atoms with van der Waals surface area (Å²) < 4.78 is 42.7. The number of benzene rings is 1. The molecule has 138 valence electrons. The van der Waals surface area contributed by atoms with E-state index in [1.807, 2.05) is 0 Å². The van der Waals surface area contributed by atoms with Crippen molar-refractivity contribution in [1.82, 2.24) is 9.80 Å². The van der Waals surface area contributed by atoms with Crippen molar-refractivity contribution in [2.45, 2.75) is 12.6 Å². The molecule has 1 saturated heterocycles. The van der Waals surface area contributed by atoms with Gasteiger partial charge in [-0.1, -0.05) is 11.6 Å². The molecule has 0 saturated carbocycles. The van der Waals surface area contributed by atoms with E-state index in [4.69, 9.17) is 16.3 Å². The number of nitrogens with zero attached hydrogens (tertiary/aromatic N) is 2. The fourth-order valence-corrected chi connectivity index (χ4v) is 2.69. The van der Waals surface area contributed by atoms with Crippen molar-refractivity contribution in [3.8, 4) is 5.75 Å². The van der Waals surface area contributed by atoms with Gasteiger partial charge in [-0.05, 0) is 24.3 Å². The van der Waals surface area contributed by atoms with Crippen LogP contribution >= 0.6 is 11.6 Å². The molecule has 0 N–H and O–H groups in total. The normalized spacial score (nSPS) is 17.7. The Bertz CT molecular complexity index is 622. The molecule has 1 unspecified atom stereocenters. The van der Waals surface area contributed by atoms with Crippen LogP contribution in [0, 0.1) is 5.92 Å². The van der Waals surface area contributed by atoms with Crippen LogP contribution in [0.4, 0.5) is 13.2 Å². The Morgan fingerprint density at radius 1 is 1.36 bits per heavy atom. The van der Waals surface area contributed by atoms with Gasteiger partial charge in [-0.2, -0.15) is 13.2 Å². The molecule has 0 aliphatic carbocycles. The number of amides is 2. The molecule has 0 aromatic heterocycles. The molecule has 1 aliphatic heterocycles. The van der Waals surface area contributed by atoms with E-state index in [0.29, 0.717) is 15.7 Å². The maximum atomic E-state index is 12.4. The number of alkyl halides is 3. The van der Waals surface area contributed by atoms with E-state index in [9.17, 15) is 22.8 Å². The lowest BCUT2D eigenvalue weighted by atomic mass is 10.1. The van der Waals surface area contributed by atoms with Crippen molar-refractivity contribution in [1.29, 1.82) is 0 Å². The van der Waals surface area contributed by atoms with Gasteiger partial charge in [0.05, 0.1) is 12.5 Å². The smallest absolute Gasteiger partial charge is 0.406 e. The molecule has 1 aliphatic rings. The summed E-state index contributed by atoms with van der Waals surface area (Å²) in [5.41, 5.74) is 0. The Morgan fingerprint density at radius 3 is 2.60 bits per heavy atom. The van der Waals surface area contributed by atoms with Crippen molar-refractivity contribution in [2.24, 2.45) is 5.92 Å². The molecule has 2 amide bonds. The highest BCUT2D eigenvalue weighted by Crippen LogP contribution is 2.25. The molecule has 9 heteroatoms. The van der Waals surface area contributed by atoms with Gasteiger partial charge in [-0.25, -0.2) is 0 Å². The minimum atomic E-state index is -4.47. The topological polar surface area (TPSA) is 49.9 Å². The Balaban J connectivity index is 1.79. The second-order valence-electron chi connectivity index (χ2n) is 5.85. The summed E-state index contributed by atoms with van der Waals surface area (Å²) in [5.74, 6) is -1.17. The molecule has 0 bridgehead atoms. The Hall–Kier alpha value is -1.96. The molecule has 1 heterocycles. The third-order valence-electron chi connectivity index (χ3n) is 3.82. The molecule has 0 spiro atoms. The summed E-state index contributed by atoms with van der Waals surface area (Å²) >= 11 is 5.76. The second kappa shape index (κ2) is 7.95. The maximum Gasteiger partial charge on any atom is 0.406 e. The number of rotatable bonds is 6. The first kappa shape index (κ1) is 19.4. The van der Waals surface area contributed by atoms with E-state index < -0.39 is 24.5 Å². The average Bonchev–Trinajstić information content (AvgIpc) is 2.87. The predicted molar refractivity (Wildman–Crippen MR) is 85.3 cm³/mol. The third kappa shape index (κ3) is 5.81. The Kier molecular flexibility index (Phi) is 6.16. The lowest BCUT2D eigenvalue weighted by Gasteiger charge is -2.22. The molecule has 1 fully saturated rings. The Morgan fingerprint density at radius 2 is 2.00 bits per heavy atom. The van der Waals surface area contributed by atoms with Crippen LogP contribution in [0.1, 0.15) is 6.42 Å². The van der Waals surface area contributed by atoms with Crippen LogP contribution < -0.4 is 4.74 Å². The number of ether oxygens (including phenoxy) is 1. The van der Waals surface area contributed by atoms with E-state index in [1.54, 1.807) is 24.3 Å². The van der Waals surface area contributed by atoms with Gasteiger partial charge in [-0.3, -0.25) is 9.59 Å². The van der Waals surface area contributed by atoms with Crippen molar-refractivity contribution in [2.75, 3.05) is 33.3 Å². The first-order chi connectivity index (χ1) is 11.7. The summed E-state index contributed by atoms with van der Waals surface area (Å²) in [7, 11) is 1.53. The molecule has 1 aromatic rings. The molecule has 25 heavy (non-hydrogen) atoms. The fraction of sp³-hybridized carbons (Fsp3) is 0.500. The lowest BCUT2D eigenvalue weighted by molar-refractivity contribution is -0.157. The highest BCUT2D eigenvalue weighted by atomic mass is 35.5. The number of hydrogen-bond acceptors (Lipinski definition) is 3. The number of carbonyl (C=O) groups excluding carboxylic acids is 2. The highest BCUT2D eigenvalue weighted by Gasteiger charge is 2.41. The predicted octanol–water partition coefficient (Wildman–Crippen LogP) is 2.59. The van der Waals surface area contributed by atoms with Crippen molar-refractivity contribution < 1.29 is 27.5 Å². The minimum Gasteiger partial charge on any atom is -0.492 e. The van der Waals surface area contributed by atoms with Gasteiger partial charge in [0.2, 0.25) is 11.8 Å². The van der Waals surface area contributed by atoms with Crippen LogP contribution in [0.5, 0.6) is 5.75 Å². The number of halogens is 4. The SMILES string of the molecule is CN(CCOc1ccc(Cl)cc1)C(=O)C1CC(=O)N(CC(F)(F)F)C1. The zero-order chi connectivity index (χ0) is 18.6. The summed E-state index contributed by atoms with van der Waals surface area (Å²) in [5, 5.41) is 0.578. The molecule has 0 radical (unpaired) electrons. The van der Waals surface area contributed by atoms with Crippen molar-refractivity contribution in [3.63, 3.8) is 0 Å². The molecule has 1 aromatic carbocycles. The summed E-state index contributed by atoms with van der Waals surface area (Å²) in [4.78, 5) is 26.0. The average molecular weight is 379 g/mol. The molecule has 2 rings (SSSR count). The summed E-state index contributed by atoms with van der Waals surface area (Å²) in [6, 6.07) is 6.72. The van der Waals surface area contributed by atoms with Crippen LogP contribution in [-0.2, 0) is 9.59 Å². The number of carbonyl (C=O) groups is 2. The van der Waals surface area contributed by atoms with Crippen molar-refractivity contribution in [3.05, 3.63) is 29.3 Å². The van der Waals surface area contributed by atoms with Gasteiger partial charge in [-0.15, -0.1) is 0 Å². The van der Waals surface area contributed by atoms with Crippen LogP contribution in [0.2, 0.25) is 5.02 Å². The van der Waals surface area contributed by atoms with Crippen LogP contribution in [0.3, 0.4) is 0 Å². The molecule has 5 nitrogen and oxygen atoms in total. The van der Waals surface area contributed by atoms with Crippen LogP contribution in [0.25, 0.3) is 0 Å². The highest BCUT2D eigenvalue weighted by molar-refractivity contribution is 6.30. The molecule has 1 atom stereocenters. The van der Waals surface area contributed by atoms with E-state index >= 15 is 0 Å². The minimum absolute atomic E-state index is 0.197. The van der Waals surface area contributed by atoms with E-state index in [1.165, 1.54) is 11.9 Å². The molecular formula is C16H18ClF3N2O3. The van der Waals surface area contributed by atoms with E-state index in [0.717, 1.165) is 0 Å². The quantitative estimate of drug-likeness (QED) is 0.764. The first-order valence-corrected chi connectivity index (χ1v) is 8.01. The second-order valence-corrected chi connectivity index (χ2v) is 6.29. The van der Waals surface area contributed by atoms with Crippen LogP contribution in [-0.4, -0.2) is 61.1 Å². The number of hydrogen-bond donors (Lipinski definition) is 0. The number of likely N-dealkylation sites (N-methyl/N-ethyl adjacent to an activating group) is 1. The zero-order valence-corrected chi connectivity index (χ0v) is 14.3. The van der Waals surface area contributed by atoms with E-state index in [-0.39, 0.29) is 32.0 Å². The zero-order valence-electron chi connectivity index (χ0n) is 13.6. The first-order valence-electron chi connectivity index (χ1n) is 7.63. The van der Waals surface area contributed by atoms with Gasteiger partial charge >= 0.3 is 6.18 Å². The van der Waals surface area contributed by atoms with Gasteiger partial charge in [0, 0.05) is 25.0 Å². The molecular weight excluding hydrogens is 361 g/mol. The summed E-state index contributed by atoms with van der Waals surface area (Å²) in [6.07, 6.45) is -4.66. The van der Waals surface area contributed by atoms with Gasteiger partial charge in [0.25, 0.3) is 0 Å². The lowest BCUT2D eigenvalue weighted by Crippen LogP contribution is -2.38. The van der Waals surface area contributed by atoms with Gasteiger partial charge in [0.1, 0.15) is 18.9 Å². The maximum absolute atomic E-state index is 12.4. The van der Waals surface area contributed by atoms with Gasteiger partial charge < -0.3 is 14.5 Å². The third-order valence-corrected chi connectivity index (χ3v) is 4.07. The number of likely N-dealkylation sites (tertiary alicyclic amines) is 1. The van der Waals surface area contributed by atoms with Crippen LogP contribution in [0.15, 0.2) is 24.3 Å².